The Morgan fingerprint density at radius 3 is 2.17 bits per heavy atom. The smallest absolute Gasteiger partial charge is 0.325 e. The van der Waals surface area contributed by atoms with E-state index in [9.17, 15) is 9.59 Å². The molecule has 0 N–H and O–H groups in total. The van der Waals surface area contributed by atoms with Crippen molar-refractivity contribution in [3.05, 3.63) is 0 Å². The summed E-state index contributed by atoms with van der Waals surface area (Å²) in [7, 11) is 0. The molecule has 0 saturated carbocycles. The molecule has 0 spiro atoms. The number of carbonyl (C=O) groups is 2. The highest BCUT2D eigenvalue weighted by atomic mass is 16.6. The normalized spacial score (nSPS) is 14.9. The average Bonchev–Trinajstić information content (AvgIpc) is 2.59. The molecule has 0 aromatic carbocycles. The lowest BCUT2D eigenvalue weighted by Crippen LogP contribution is -2.42. The van der Waals surface area contributed by atoms with Gasteiger partial charge in [-0.2, -0.15) is 0 Å². The lowest BCUT2D eigenvalue weighted by atomic mass is 9.81. The predicted octanol–water partition coefficient (Wildman–Crippen LogP) is 0.848. The van der Waals surface area contributed by atoms with Crippen LogP contribution in [0.25, 0.3) is 0 Å². The fourth-order valence-electron chi connectivity index (χ4n) is 2.29. The maximum Gasteiger partial charge on any atom is 0.325 e. The number of hydrogen-bond acceptors (Lipinski definition) is 6. The summed E-state index contributed by atoms with van der Waals surface area (Å²) >= 11 is 0. The lowest BCUT2D eigenvalue weighted by molar-refractivity contribution is -0.171. The molecule has 1 heterocycles. The van der Waals surface area contributed by atoms with Gasteiger partial charge < -0.3 is 14.2 Å². The molecule has 1 aliphatic rings. The van der Waals surface area contributed by atoms with Crippen LogP contribution < -0.4 is 0 Å². The van der Waals surface area contributed by atoms with E-state index in [0.29, 0.717) is 19.8 Å². The van der Waals surface area contributed by atoms with Crippen LogP contribution in [0.3, 0.4) is 0 Å². The summed E-state index contributed by atoms with van der Waals surface area (Å²) in [5, 5.41) is 0. The summed E-state index contributed by atoms with van der Waals surface area (Å²) in [6.45, 7) is 7.24. The monoisotopic (exact) mass is 335 g/mol. The van der Waals surface area contributed by atoms with Crippen molar-refractivity contribution in [3.8, 4) is 24.2 Å². The minimum Gasteiger partial charge on any atom is -0.465 e. The fraction of sp³-hybridized carbons (Fsp3) is 0.667. The largest absolute Gasteiger partial charge is 0.465 e. The zero-order chi connectivity index (χ0) is 17.8. The van der Waals surface area contributed by atoms with Gasteiger partial charge in [0.05, 0.1) is 33.0 Å². The van der Waals surface area contributed by atoms with Crippen LogP contribution in [-0.4, -0.2) is 62.9 Å². The van der Waals surface area contributed by atoms with E-state index >= 15 is 0 Å². The first-order chi connectivity index (χ1) is 11.6. The van der Waals surface area contributed by atoms with E-state index in [1.807, 2.05) is 0 Å². The summed E-state index contributed by atoms with van der Waals surface area (Å²) in [6, 6.07) is 0. The van der Waals surface area contributed by atoms with E-state index in [0.717, 1.165) is 13.1 Å². The first kappa shape index (κ1) is 20.0. The first-order valence-corrected chi connectivity index (χ1v) is 8.14. The van der Waals surface area contributed by atoms with Gasteiger partial charge in [-0.25, -0.2) is 0 Å². The van der Waals surface area contributed by atoms with E-state index in [2.05, 4.69) is 22.7 Å². The highest BCUT2D eigenvalue weighted by molar-refractivity contribution is 6.00. The Hall–Kier alpha value is -2.02. The minimum absolute atomic E-state index is 0.0147. The van der Waals surface area contributed by atoms with Crippen molar-refractivity contribution in [1.29, 1.82) is 0 Å². The molecule has 0 atom stereocenters. The van der Waals surface area contributed by atoms with E-state index in [1.165, 1.54) is 0 Å². The van der Waals surface area contributed by atoms with Gasteiger partial charge in [0.25, 0.3) is 0 Å². The second kappa shape index (κ2) is 10.7. The van der Waals surface area contributed by atoms with Gasteiger partial charge in [0, 0.05) is 25.9 Å². The van der Waals surface area contributed by atoms with Crippen LogP contribution >= 0.6 is 0 Å². The minimum atomic E-state index is -1.56. The van der Waals surface area contributed by atoms with Crippen LogP contribution in [0.1, 0.15) is 26.7 Å². The predicted molar refractivity (Wildman–Crippen MR) is 88.8 cm³/mol. The van der Waals surface area contributed by atoms with Gasteiger partial charge in [-0.1, -0.05) is 5.92 Å². The average molecular weight is 335 g/mol. The molecule has 0 amide bonds. The van der Waals surface area contributed by atoms with Gasteiger partial charge in [-0.3, -0.25) is 14.5 Å². The Morgan fingerprint density at radius 2 is 1.67 bits per heavy atom. The maximum atomic E-state index is 12.4. The number of ether oxygens (including phenoxy) is 3. The Labute approximate surface area is 143 Å². The van der Waals surface area contributed by atoms with E-state index in [-0.39, 0.29) is 26.1 Å². The van der Waals surface area contributed by atoms with Crippen LogP contribution in [0.4, 0.5) is 0 Å². The number of rotatable bonds is 7. The van der Waals surface area contributed by atoms with Gasteiger partial charge in [-0.15, -0.1) is 18.3 Å². The molecular weight excluding hydrogens is 310 g/mol. The molecule has 1 aliphatic heterocycles. The van der Waals surface area contributed by atoms with Crippen LogP contribution in [0.15, 0.2) is 0 Å². The van der Waals surface area contributed by atoms with Crippen molar-refractivity contribution in [2.24, 2.45) is 5.41 Å². The molecule has 1 fully saturated rings. The third-order valence-corrected chi connectivity index (χ3v) is 3.66. The van der Waals surface area contributed by atoms with E-state index < -0.39 is 17.4 Å². The Kier molecular flexibility index (Phi) is 8.93. The number of carbonyl (C=O) groups excluding carboxylic acids is 2. The van der Waals surface area contributed by atoms with Crippen molar-refractivity contribution in [3.63, 3.8) is 0 Å². The lowest BCUT2D eigenvalue weighted by Gasteiger charge is -2.26. The molecule has 0 aromatic rings. The number of hydrogen-bond donors (Lipinski definition) is 0. The molecule has 0 aliphatic carbocycles. The molecule has 0 aromatic heterocycles. The number of morpholine rings is 1. The number of terminal acetylenes is 1. The standard InChI is InChI=1S/C18H25NO5/c1-4-9-18(16(20)23-5-2,17(21)24-6-3)10-7-8-11-19-12-14-22-15-13-19/h1H,5-6,9-15H2,2-3H3. The van der Waals surface area contributed by atoms with Crippen molar-refractivity contribution in [1.82, 2.24) is 4.90 Å². The fourth-order valence-corrected chi connectivity index (χ4v) is 2.29. The Bertz CT molecular complexity index is 502. The van der Waals surface area contributed by atoms with Crippen molar-refractivity contribution in [2.45, 2.75) is 26.7 Å². The Balaban J connectivity index is 2.84. The second-order valence-corrected chi connectivity index (χ2v) is 5.32. The van der Waals surface area contributed by atoms with Crippen molar-refractivity contribution >= 4 is 11.9 Å². The molecular formula is C18H25NO5. The molecule has 0 radical (unpaired) electrons. The van der Waals surface area contributed by atoms with Crippen LogP contribution in [-0.2, 0) is 23.8 Å². The van der Waals surface area contributed by atoms with Gasteiger partial charge in [0.2, 0.25) is 0 Å². The first-order valence-electron chi connectivity index (χ1n) is 8.14. The molecule has 0 bridgehead atoms. The van der Waals surface area contributed by atoms with Crippen molar-refractivity contribution < 1.29 is 23.8 Å². The molecule has 6 heteroatoms. The molecule has 132 valence electrons. The van der Waals surface area contributed by atoms with Gasteiger partial charge in [0.15, 0.2) is 5.41 Å². The van der Waals surface area contributed by atoms with Crippen LogP contribution in [0.2, 0.25) is 0 Å². The number of esters is 2. The van der Waals surface area contributed by atoms with Gasteiger partial charge >= 0.3 is 11.9 Å². The third kappa shape index (κ3) is 5.56. The Morgan fingerprint density at radius 1 is 1.08 bits per heavy atom. The highest BCUT2D eigenvalue weighted by Crippen LogP contribution is 2.30. The van der Waals surface area contributed by atoms with E-state index in [4.69, 9.17) is 20.6 Å². The quantitative estimate of drug-likeness (QED) is 0.390. The summed E-state index contributed by atoms with van der Waals surface area (Å²) in [5.41, 5.74) is -1.56. The van der Waals surface area contributed by atoms with Crippen LogP contribution in [0.5, 0.6) is 0 Å². The third-order valence-electron chi connectivity index (χ3n) is 3.66. The zero-order valence-corrected chi connectivity index (χ0v) is 14.4. The molecule has 1 rings (SSSR count). The summed E-state index contributed by atoms with van der Waals surface area (Å²) in [5.74, 6) is 6.93. The zero-order valence-electron chi connectivity index (χ0n) is 14.4. The SMILES string of the molecule is C#CCC(CC#CCN1CCOCC1)(C(=O)OCC)C(=O)OCC. The second-order valence-electron chi connectivity index (χ2n) is 5.32. The molecule has 24 heavy (non-hydrogen) atoms. The van der Waals surface area contributed by atoms with Crippen molar-refractivity contribution in [2.75, 3.05) is 46.1 Å². The molecule has 1 saturated heterocycles. The van der Waals surface area contributed by atoms with Gasteiger partial charge in [0.1, 0.15) is 0 Å². The van der Waals surface area contributed by atoms with Gasteiger partial charge in [-0.05, 0) is 13.8 Å². The maximum absolute atomic E-state index is 12.4. The summed E-state index contributed by atoms with van der Waals surface area (Å²) < 4.78 is 15.4. The number of nitrogens with zero attached hydrogens (tertiary/aromatic N) is 1. The van der Waals surface area contributed by atoms with Crippen LogP contribution in [0, 0.1) is 29.6 Å². The summed E-state index contributed by atoms with van der Waals surface area (Å²) in [6.07, 6.45) is 5.25. The van der Waals surface area contributed by atoms with E-state index in [1.54, 1.807) is 13.8 Å². The highest BCUT2D eigenvalue weighted by Gasteiger charge is 2.48. The topological polar surface area (TPSA) is 65.1 Å². The molecule has 0 unspecified atom stereocenters. The summed E-state index contributed by atoms with van der Waals surface area (Å²) in [4.78, 5) is 26.9. The molecule has 6 nitrogen and oxygen atoms in total.